The van der Waals surface area contributed by atoms with Gasteiger partial charge in [-0.2, -0.15) is 0 Å². The topological polar surface area (TPSA) is 55.5 Å². The lowest BCUT2D eigenvalue weighted by Crippen LogP contribution is -2.06. The Kier molecular flexibility index (Phi) is 4.45. The van der Waals surface area contributed by atoms with E-state index in [0.717, 1.165) is 10.0 Å². The molecular weight excluding hydrogens is 306 g/mol. The largest absolute Gasteiger partial charge is 0.495 e. The van der Waals surface area contributed by atoms with E-state index in [9.17, 15) is 5.11 Å². The van der Waals surface area contributed by atoms with E-state index in [1.54, 1.807) is 13.2 Å². The van der Waals surface area contributed by atoms with Gasteiger partial charge in [-0.15, -0.1) is 0 Å². The zero-order chi connectivity index (χ0) is 13.8. The third-order valence-electron chi connectivity index (χ3n) is 3.00. The molecule has 1 atom stereocenters. The molecule has 1 unspecified atom stereocenters. The molecule has 100 valence electrons. The van der Waals surface area contributed by atoms with Gasteiger partial charge in [0.1, 0.15) is 5.75 Å². The van der Waals surface area contributed by atoms with Crippen LogP contribution in [-0.2, 0) is 6.42 Å². The number of hydrogen-bond acceptors (Lipinski definition) is 3. The molecule has 0 aliphatic heterocycles. The van der Waals surface area contributed by atoms with Crippen molar-refractivity contribution < 1.29 is 9.84 Å². The number of hydrogen-bond donors (Lipinski definition) is 2. The smallest absolute Gasteiger partial charge is 0.142 e. The van der Waals surface area contributed by atoms with E-state index in [0.29, 0.717) is 23.4 Å². The quantitative estimate of drug-likeness (QED) is 0.849. The molecule has 0 spiro atoms. The predicted octanol–water partition coefficient (Wildman–Crippen LogP) is 3.32. The predicted molar refractivity (Wildman–Crippen MR) is 80.2 cm³/mol. The van der Waals surface area contributed by atoms with Crippen molar-refractivity contribution >= 4 is 21.6 Å². The summed E-state index contributed by atoms with van der Waals surface area (Å²) < 4.78 is 6.16. The van der Waals surface area contributed by atoms with Gasteiger partial charge in [0.25, 0.3) is 0 Å². The molecule has 0 bridgehead atoms. The number of aliphatic hydroxyl groups is 1. The fraction of sp³-hybridized carbons (Fsp3) is 0.200. The minimum atomic E-state index is -0.649. The van der Waals surface area contributed by atoms with Gasteiger partial charge in [0.2, 0.25) is 0 Å². The summed E-state index contributed by atoms with van der Waals surface area (Å²) in [4.78, 5) is 0. The van der Waals surface area contributed by atoms with Gasteiger partial charge < -0.3 is 15.6 Å². The van der Waals surface area contributed by atoms with Crippen LogP contribution in [0.5, 0.6) is 5.75 Å². The molecule has 0 saturated carbocycles. The third-order valence-corrected chi connectivity index (χ3v) is 3.49. The number of nitrogen functional groups attached to an aromatic ring is 1. The molecule has 0 aliphatic rings. The van der Waals surface area contributed by atoms with E-state index in [1.807, 2.05) is 36.4 Å². The molecule has 0 radical (unpaired) electrons. The monoisotopic (exact) mass is 321 g/mol. The summed E-state index contributed by atoms with van der Waals surface area (Å²) in [6.45, 7) is 0. The van der Waals surface area contributed by atoms with Gasteiger partial charge in [-0.1, -0.05) is 40.2 Å². The molecule has 0 aromatic heterocycles. The third kappa shape index (κ3) is 3.28. The number of ether oxygens (including phenoxy) is 1. The number of methoxy groups -OCH3 is 1. The van der Waals surface area contributed by atoms with Crippen LogP contribution in [0, 0.1) is 0 Å². The molecule has 3 N–H and O–H groups in total. The number of anilines is 1. The van der Waals surface area contributed by atoms with E-state index in [1.165, 1.54) is 0 Å². The van der Waals surface area contributed by atoms with Crippen LogP contribution in [0.25, 0.3) is 0 Å². The van der Waals surface area contributed by atoms with Crippen molar-refractivity contribution in [2.24, 2.45) is 0 Å². The maximum absolute atomic E-state index is 10.3. The highest BCUT2D eigenvalue weighted by Gasteiger charge is 2.14. The Bertz CT molecular complexity index is 572. The summed E-state index contributed by atoms with van der Waals surface area (Å²) in [5.41, 5.74) is 8.22. The lowest BCUT2D eigenvalue weighted by molar-refractivity contribution is 0.179. The van der Waals surface area contributed by atoms with Crippen LogP contribution in [0.15, 0.2) is 46.9 Å². The second kappa shape index (κ2) is 6.08. The number of rotatable bonds is 4. The molecule has 0 saturated heterocycles. The van der Waals surface area contributed by atoms with Crippen LogP contribution < -0.4 is 10.5 Å². The highest BCUT2D eigenvalue weighted by Crippen LogP contribution is 2.31. The first-order valence-electron chi connectivity index (χ1n) is 5.96. The average Bonchev–Trinajstić information content (AvgIpc) is 2.39. The SMILES string of the molecule is COc1cccc(C(O)Cc2cccc(Br)c2)c1N. The van der Waals surface area contributed by atoms with Crippen molar-refractivity contribution in [3.05, 3.63) is 58.1 Å². The summed E-state index contributed by atoms with van der Waals surface area (Å²) in [6.07, 6.45) is -0.138. The van der Waals surface area contributed by atoms with Crippen molar-refractivity contribution in [1.29, 1.82) is 0 Å². The Morgan fingerprint density at radius 2 is 2.00 bits per heavy atom. The van der Waals surface area contributed by atoms with Crippen LogP contribution in [0.3, 0.4) is 0 Å². The minimum absolute atomic E-state index is 0.493. The molecule has 2 aromatic rings. The summed E-state index contributed by atoms with van der Waals surface area (Å²) >= 11 is 3.42. The Labute approximate surface area is 121 Å². The van der Waals surface area contributed by atoms with Crippen molar-refractivity contribution in [2.45, 2.75) is 12.5 Å². The van der Waals surface area contributed by atoms with Gasteiger partial charge in [0.05, 0.1) is 18.9 Å². The first-order valence-corrected chi connectivity index (χ1v) is 6.76. The molecule has 0 heterocycles. The van der Waals surface area contributed by atoms with E-state index in [4.69, 9.17) is 10.5 Å². The fourth-order valence-electron chi connectivity index (χ4n) is 2.03. The highest BCUT2D eigenvalue weighted by molar-refractivity contribution is 9.10. The van der Waals surface area contributed by atoms with Crippen LogP contribution in [0.4, 0.5) is 5.69 Å². The molecular formula is C15H16BrNO2. The van der Waals surface area contributed by atoms with Gasteiger partial charge in [-0.25, -0.2) is 0 Å². The van der Waals surface area contributed by atoms with Crippen molar-refractivity contribution in [2.75, 3.05) is 12.8 Å². The van der Waals surface area contributed by atoms with Gasteiger partial charge in [-0.05, 0) is 23.8 Å². The van der Waals surface area contributed by atoms with Gasteiger partial charge in [-0.3, -0.25) is 0 Å². The zero-order valence-corrected chi connectivity index (χ0v) is 12.2. The van der Waals surface area contributed by atoms with Crippen molar-refractivity contribution in [3.63, 3.8) is 0 Å². The minimum Gasteiger partial charge on any atom is -0.495 e. The highest BCUT2D eigenvalue weighted by atomic mass is 79.9. The number of para-hydroxylation sites is 1. The van der Waals surface area contributed by atoms with E-state index in [2.05, 4.69) is 15.9 Å². The Balaban J connectivity index is 2.23. The average molecular weight is 322 g/mol. The molecule has 3 nitrogen and oxygen atoms in total. The number of nitrogens with two attached hydrogens (primary N) is 1. The summed E-state index contributed by atoms with van der Waals surface area (Å²) in [6, 6.07) is 13.3. The molecule has 2 aromatic carbocycles. The number of halogens is 1. The second-order valence-corrected chi connectivity index (χ2v) is 5.23. The van der Waals surface area contributed by atoms with Gasteiger partial charge in [0, 0.05) is 16.5 Å². The maximum atomic E-state index is 10.3. The molecule has 4 heteroatoms. The van der Waals surface area contributed by atoms with Crippen LogP contribution >= 0.6 is 15.9 Å². The van der Waals surface area contributed by atoms with E-state index < -0.39 is 6.10 Å². The van der Waals surface area contributed by atoms with Crippen LogP contribution in [0.1, 0.15) is 17.2 Å². The fourth-order valence-corrected chi connectivity index (χ4v) is 2.47. The van der Waals surface area contributed by atoms with Crippen molar-refractivity contribution in [3.8, 4) is 5.75 Å². The van der Waals surface area contributed by atoms with E-state index in [-0.39, 0.29) is 0 Å². The lowest BCUT2D eigenvalue weighted by Gasteiger charge is -2.15. The zero-order valence-electron chi connectivity index (χ0n) is 10.6. The summed E-state index contributed by atoms with van der Waals surface area (Å²) in [7, 11) is 1.57. The first kappa shape index (κ1) is 13.9. The second-order valence-electron chi connectivity index (χ2n) is 4.31. The number of benzene rings is 2. The maximum Gasteiger partial charge on any atom is 0.142 e. The normalized spacial score (nSPS) is 12.2. The van der Waals surface area contributed by atoms with Gasteiger partial charge >= 0.3 is 0 Å². The standard InChI is InChI=1S/C15H16BrNO2/c1-19-14-7-3-6-12(15(14)17)13(18)9-10-4-2-5-11(16)8-10/h2-8,13,18H,9,17H2,1H3. The molecule has 2 rings (SSSR count). The molecule has 0 fully saturated rings. The summed E-state index contributed by atoms with van der Waals surface area (Å²) in [5.74, 6) is 0.589. The Morgan fingerprint density at radius 1 is 1.26 bits per heavy atom. The van der Waals surface area contributed by atoms with Crippen molar-refractivity contribution in [1.82, 2.24) is 0 Å². The lowest BCUT2D eigenvalue weighted by atomic mass is 10.00. The Hall–Kier alpha value is -1.52. The molecule has 0 aliphatic carbocycles. The van der Waals surface area contributed by atoms with E-state index >= 15 is 0 Å². The Morgan fingerprint density at radius 3 is 2.68 bits per heavy atom. The van der Waals surface area contributed by atoms with Gasteiger partial charge in [0.15, 0.2) is 0 Å². The summed E-state index contributed by atoms with van der Waals surface area (Å²) in [5, 5.41) is 10.3. The van der Waals surface area contributed by atoms with Crippen LogP contribution in [0.2, 0.25) is 0 Å². The number of aliphatic hydroxyl groups excluding tert-OH is 1. The molecule has 19 heavy (non-hydrogen) atoms. The van der Waals surface area contributed by atoms with Crippen LogP contribution in [-0.4, -0.2) is 12.2 Å². The first-order chi connectivity index (χ1) is 9.11. The molecule has 0 amide bonds.